The van der Waals surface area contributed by atoms with Gasteiger partial charge in [0.25, 0.3) is 5.90 Å². The molecule has 0 spiro atoms. The van der Waals surface area contributed by atoms with Crippen molar-refractivity contribution in [3.8, 4) is 0 Å². The van der Waals surface area contributed by atoms with Crippen molar-refractivity contribution in [2.24, 2.45) is 5.10 Å². The Morgan fingerprint density at radius 3 is 2.76 bits per heavy atom. The third-order valence-corrected chi connectivity index (χ3v) is 4.23. The second-order valence-corrected chi connectivity index (χ2v) is 5.28. The molecule has 0 saturated heterocycles. The Morgan fingerprint density at radius 2 is 2.06 bits per heavy atom. The van der Waals surface area contributed by atoms with Crippen LogP contribution in [-0.4, -0.2) is 12.6 Å². The topological polar surface area (TPSA) is 24.8 Å². The van der Waals surface area contributed by atoms with Gasteiger partial charge in [0.15, 0.2) is 6.73 Å². The molecular weight excluding hydrogens is 300 g/mol. The zero-order valence-corrected chi connectivity index (χ0v) is 11.2. The van der Waals surface area contributed by atoms with Crippen LogP contribution in [0.15, 0.2) is 51.4 Å². The van der Waals surface area contributed by atoms with Gasteiger partial charge in [-0.25, -0.2) is 5.01 Å². The molecule has 1 aromatic carbocycles. The number of thiophene rings is 1. The Balaban J connectivity index is 1.89. The molecule has 1 aliphatic heterocycles. The summed E-state index contributed by atoms with van der Waals surface area (Å²) in [7, 11) is 0. The molecule has 0 atom stereocenters. The average Bonchev–Trinajstić information content (AvgIpc) is 2.98. The minimum absolute atomic E-state index is 0.462. The fourth-order valence-electron chi connectivity index (χ4n) is 1.58. The highest BCUT2D eigenvalue weighted by atomic mass is 79.9. The Morgan fingerprint density at radius 1 is 1.24 bits per heavy atom. The third kappa shape index (κ3) is 2.08. The molecule has 0 aliphatic carbocycles. The van der Waals surface area contributed by atoms with Crippen LogP contribution in [-0.2, 0) is 4.74 Å². The molecule has 1 aliphatic rings. The van der Waals surface area contributed by atoms with Crippen LogP contribution in [0.3, 0.4) is 0 Å². The van der Waals surface area contributed by atoms with Crippen LogP contribution in [0.25, 0.3) is 0 Å². The molecule has 2 heterocycles. The summed E-state index contributed by atoms with van der Waals surface area (Å²) in [5.74, 6) is 0.677. The SMILES string of the molecule is Brc1ccsc1C1=NN(c2ccccc2)CO1. The minimum atomic E-state index is 0.462. The molecule has 3 nitrogen and oxygen atoms in total. The van der Waals surface area contributed by atoms with Gasteiger partial charge in [-0.15, -0.1) is 16.4 Å². The van der Waals surface area contributed by atoms with Crippen molar-refractivity contribution >= 4 is 38.9 Å². The molecule has 17 heavy (non-hydrogen) atoms. The van der Waals surface area contributed by atoms with Gasteiger partial charge in [0.1, 0.15) is 4.88 Å². The summed E-state index contributed by atoms with van der Waals surface area (Å²) in [4.78, 5) is 1.03. The van der Waals surface area contributed by atoms with Gasteiger partial charge in [-0.1, -0.05) is 18.2 Å². The van der Waals surface area contributed by atoms with Gasteiger partial charge in [-0.3, -0.25) is 0 Å². The second kappa shape index (κ2) is 4.50. The first-order valence-corrected chi connectivity index (χ1v) is 6.79. The number of rotatable bonds is 2. The number of ether oxygens (including phenoxy) is 1. The van der Waals surface area contributed by atoms with Crippen LogP contribution < -0.4 is 5.01 Å². The third-order valence-electron chi connectivity index (χ3n) is 2.40. The molecule has 0 N–H and O–H groups in total. The normalized spacial score (nSPS) is 14.6. The monoisotopic (exact) mass is 308 g/mol. The van der Waals surface area contributed by atoms with Crippen LogP contribution in [0.1, 0.15) is 4.88 Å². The van der Waals surface area contributed by atoms with E-state index in [1.165, 1.54) is 0 Å². The fraction of sp³-hybridized carbons (Fsp3) is 0.0833. The fourth-order valence-corrected chi connectivity index (χ4v) is 3.06. The maximum absolute atomic E-state index is 5.60. The Bertz CT molecular complexity index is 553. The van der Waals surface area contributed by atoms with E-state index in [0.717, 1.165) is 15.0 Å². The number of para-hydroxylation sites is 1. The highest BCUT2D eigenvalue weighted by Crippen LogP contribution is 2.27. The number of halogens is 1. The van der Waals surface area contributed by atoms with Crippen molar-refractivity contribution in [1.82, 2.24) is 0 Å². The summed E-state index contributed by atoms with van der Waals surface area (Å²) in [6.45, 7) is 0.462. The van der Waals surface area contributed by atoms with Crippen molar-refractivity contribution in [3.05, 3.63) is 51.1 Å². The van der Waals surface area contributed by atoms with Gasteiger partial charge in [0, 0.05) is 4.47 Å². The quantitative estimate of drug-likeness (QED) is 0.845. The maximum atomic E-state index is 5.60. The van der Waals surface area contributed by atoms with E-state index in [1.54, 1.807) is 11.3 Å². The van der Waals surface area contributed by atoms with Crippen molar-refractivity contribution in [2.45, 2.75) is 0 Å². The van der Waals surface area contributed by atoms with E-state index in [-0.39, 0.29) is 0 Å². The highest BCUT2D eigenvalue weighted by molar-refractivity contribution is 9.10. The summed E-state index contributed by atoms with van der Waals surface area (Å²) in [6, 6.07) is 12.0. The van der Waals surface area contributed by atoms with E-state index in [9.17, 15) is 0 Å². The molecule has 0 unspecified atom stereocenters. The lowest BCUT2D eigenvalue weighted by atomic mass is 10.3. The van der Waals surface area contributed by atoms with Crippen LogP contribution in [0.5, 0.6) is 0 Å². The van der Waals surface area contributed by atoms with Gasteiger partial charge >= 0.3 is 0 Å². The standard InChI is InChI=1S/C12H9BrN2OS/c13-10-6-7-17-11(10)12-14-15(8-16-12)9-4-2-1-3-5-9/h1-7H,8H2. The predicted octanol–water partition coefficient (Wildman–Crippen LogP) is 3.67. The number of hydrazone groups is 1. The first-order valence-electron chi connectivity index (χ1n) is 5.12. The maximum Gasteiger partial charge on any atom is 0.251 e. The number of hydrogen-bond acceptors (Lipinski definition) is 4. The van der Waals surface area contributed by atoms with Gasteiger partial charge in [-0.05, 0) is 39.5 Å². The average molecular weight is 309 g/mol. The molecular formula is C12H9BrN2OS. The zero-order valence-electron chi connectivity index (χ0n) is 8.84. The van der Waals surface area contributed by atoms with Gasteiger partial charge < -0.3 is 4.74 Å². The smallest absolute Gasteiger partial charge is 0.251 e. The number of anilines is 1. The first kappa shape index (κ1) is 10.8. The minimum Gasteiger partial charge on any atom is -0.452 e. The Labute approximate surface area is 111 Å². The molecule has 3 rings (SSSR count). The van der Waals surface area contributed by atoms with Crippen LogP contribution in [0.2, 0.25) is 0 Å². The lowest BCUT2D eigenvalue weighted by Gasteiger charge is -2.09. The number of benzene rings is 1. The molecule has 86 valence electrons. The van der Waals surface area contributed by atoms with Gasteiger partial charge in [-0.2, -0.15) is 0 Å². The second-order valence-electron chi connectivity index (χ2n) is 3.51. The van der Waals surface area contributed by atoms with E-state index < -0.39 is 0 Å². The molecule has 0 radical (unpaired) electrons. The van der Waals surface area contributed by atoms with Gasteiger partial charge in [0.2, 0.25) is 0 Å². The van der Waals surface area contributed by atoms with E-state index >= 15 is 0 Å². The van der Waals surface area contributed by atoms with E-state index in [1.807, 2.05) is 46.8 Å². The number of nitrogens with zero attached hydrogens (tertiary/aromatic N) is 2. The molecule has 1 aromatic heterocycles. The summed E-state index contributed by atoms with van der Waals surface area (Å²) < 4.78 is 6.63. The van der Waals surface area contributed by atoms with E-state index in [4.69, 9.17) is 4.74 Å². The van der Waals surface area contributed by atoms with Crippen LogP contribution in [0.4, 0.5) is 5.69 Å². The summed E-state index contributed by atoms with van der Waals surface area (Å²) in [5.41, 5.74) is 1.04. The molecule has 0 saturated carbocycles. The predicted molar refractivity (Wildman–Crippen MR) is 73.4 cm³/mol. The van der Waals surface area contributed by atoms with Crippen molar-refractivity contribution in [2.75, 3.05) is 11.7 Å². The van der Waals surface area contributed by atoms with E-state index in [0.29, 0.717) is 12.6 Å². The van der Waals surface area contributed by atoms with Crippen LogP contribution >= 0.6 is 27.3 Å². The van der Waals surface area contributed by atoms with Crippen molar-refractivity contribution < 1.29 is 4.74 Å². The van der Waals surface area contributed by atoms with Crippen LogP contribution in [0, 0.1) is 0 Å². The largest absolute Gasteiger partial charge is 0.452 e. The summed E-state index contributed by atoms with van der Waals surface area (Å²) in [5, 5.41) is 8.33. The molecule has 5 heteroatoms. The molecule has 0 bridgehead atoms. The number of hydrogen-bond donors (Lipinski definition) is 0. The van der Waals surface area contributed by atoms with Crippen molar-refractivity contribution in [1.29, 1.82) is 0 Å². The summed E-state index contributed by atoms with van der Waals surface area (Å²) in [6.07, 6.45) is 0. The Kier molecular flexibility index (Phi) is 2.86. The molecule has 2 aromatic rings. The molecule has 0 fully saturated rings. The summed E-state index contributed by atoms with van der Waals surface area (Å²) >= 11 is 5.10. The zero-order chi connectivity index (χ0) is 11.7. The lowest BCUT2D eigenvalue weighted by Crippen LogP contribution is -2.12. The Hall–Kier alpha value is -1.33. The first-order chi connectivity index (χ1) is 8.34. The van der Waals surface area contributed by atoms with Crippen molar-refractivity contribution in [3.63, 3.8) is 0 Å². The van der Waals surface area contributed by atoms with E-state index in [2.05, 4.69) is 21.0 Å². The molecule has 0 amide bonds. The van der Waals surface area contributed by atoms with Gasteiger partial charge in [0.05, 0.1) is 5.69 Å². The lowest BCUT2D eigenvalue weighted by molar-refractivity contribution is 0.338. The highest BCUT2D eigenvalue weighted by Gasteiger charge is 2.20.